The summed E-state index contributed by atoms with van der Waals surface area (Å²) in [6.45, 7) is 5.79. The third-order valence-electron chi connectivity index (χ3n) is 2.42. The number of alkyl halides is 1. The van der Waals surface area contributed by atoms with Crippen LogP contribution in [0.25, 0.3) is 0 Å². The zero-order valence-corrected chi connectivity index (χ0v) is 9.39. The van der Waals surface area contributed by atoms with Crippen molar-refractivity contribution in [3.63, 3.8) is 0 Å². The minimum atomic E-state index is 0.879. The number of allylic oxidation sites excluding steroid dienone is 1. The van der Waals surface area contributed by atoms with Crippen molar-refractivity contribution in [3.05, 3.63) is 12.2 Å². The topological polar surface area (TPSA) is 3.24 Å². The number of halogens is 1. The summed E-state index contributed by atoms with van der Waals surface area (Å²) in [5.41, 5.74) is 0. The first kappa shape index (κ1) is 10.3. The molecule has 0 saturated carbocycles. The summed E-state index contributed by atoms with van der Waals surface area (Å²) in [7, 11) is 0. The van der Waals surface area contributed by atoms with Crippen LogP contribution in [0.3, 0.4) is 0 Å². The lowest BCUT2D eigenvalue weighted by molar-refractivity contribution is 0.204. The Morgan fingerprint density at radius 3 is 3.08 bits per heavy atom. The Labute approximate surface area is 84.0 Å². The molecule has 0 aromatic heterocycles. The van der Waals surface area contributed by atoms with E-state index < -0.39 is 0 Å². The van der Waals surface area contributed by atoms with Crippen molar-refractivity contribution in [2.24, 2.45) is 5.92 Å². The molecule has 0 bridgehead atoms. The number of likely N-dealkylation sites (tertiary alicyclic amines) is 1. The normalized spacial score (nSPS) is 26.7. The third-order valence-corrected chi connectivity index (χ3v) is 3.34. The summed E-state index contributed by atoms with van der Waals surface area (Å²) < 4.78 is 0. The maximum Gasteiger partial charge on any atom is 0.0163 e. The molecule has 1 unspecified atom stereocenters. The maximum atomic E-state index is 3.56. The zero-order valence-electron chi connectivity index (χ0n) is 7.80. The zero-order chi connectivity index (χ0) is 8.81. The molecule has 1 saturated heterocycles. The van der Waals surface area contributed by atoms with Crippen LogP contribution in [0.5, 0.6) is 0 Å². The van der Waals surface area contributed by atoms with Crippen molar-refractivity contribution >= 4 is 15.9 Å². The number of rotatable bonds is 3. The summed E-state index contributed by atoms with van der Waals surface area (Å²) in [4.78, 5) is 2.54. The van der Waals surface area contributed by atoms with Gasteiger partial charge in [0, 0.05) is 18.4 Å². The molecule has 0 aromatic rings. The van der Waals surface area contributed by atoms with Crippen LogP contribution >= 0.6 is 15.9 Å². The Morgan fingerprint density at radius 1 is 1.58 bits per heavy atom. The van der Waals surface area contributed by atoms with Gasteiger partial charge in [-0.3, -0.25) is 4.90 Å². The van der Waals surface area contributed by atoms with Crippen LogP contribution < -0.4 is 0 Å². The fourth-order valence-electron chi connectivity index (χ4n) is 1.70. The molecule has 0 amide bonds. The maximum absolute atomic E-state index is 3.56. The molecule has 70 valence electrons. The predicted octanol–water partition coefficient (Wildman–Crippen LogP) is 2.67. The second-order valence-electron chi connectivity index (χ2n) is 3.49. The average molecular weight is 232 g/mol. The van der Waals surface area contributed by atoms with E-state index in [0.717, 1.165) is 12.5 Å². The molecule has 0 spiro atoms. The molecule has 0 N–H and O–H groups in total. The summed E-state index contributed by atoms with van der Waals surface area (Å²) in [5, 5.41) is 1.17. The van der Waals surface area contributed by atoms with E-state index in [-0.39, 0.29) is 0 Å². The van der Waals surface area contributed by atoms with Gasteiger partial charge in [-0.15, -0.1) is 0 Å². The highest BCUT2D eigenvalue weighted by Gasteiger charge is 2.17. The van der Waals surface area contributed by atoms with E-state index in [1.54, 1.807) is 0 Å². The van der Waals surface area contributed by atoms with Crippen molar-refractivity contribution in [1.82, 2.24) is 4.90 Å². The molecule has 1 rings (SSSR count). The molecule has 0 radical (unpaired) electrons. The van der Waals surface area contributed by atoms with Crippen molar-refractivity contribution in [2.75, 3.05) is 25.0 Å². The molecule has 1 atom stereocenters. The second kappa shape index (κ2) is 5.76. The molecule has 0 aliphatic carbocycles. The van der Waals surface area contributed by atoms with Crippen LogP contribution in [0.1, 0.15) is 19.8 Å². The fourth-order valence-corrected chi connectivity index (χ4v) is 2.23. The van der Waals surface area contributed by atoms with Crippen molar-refractivity contribution in [3.8, 4) is 0 Å². The van der Waals surface area contributed by atoms with E-state index in [4.69, 9.17) is 0 Å². The Balaban J connectivity index is 2.25. The second-order valence-corrected chi connectivity index (χ2v) is 4.14. The van der Waals surface area contributed by atoms with Crippen LogP contribution in [0.15, 0.2) is 12.2 Å². The first-order valence-corrected chi connectivity index (χ1v) is 5.88. The summed E-state index contributed by atoms with van der Waals surface area (Å²) in [5.74, 6) is 0.879. The Hall–Kier alpha value is 0.180. The van der Waals surface area contributed by atoms with Crippen LogP contribution in [0.4, 0.5) is 0 Å². The monoisotopic (exact) mass is 231 g/mol. The van der Waals surface area contributed by atoms with E-state index in [9.17, 15) is 0 Å². The van der Waals surface area contributed by atoms with E-state index in [0.29, 0.717) is 0 Å². The van der Waals surface area contributed by atoms with Gasteiger partial charge < -0.3 is 0 Å². The Morgan fingerprint density at radius 2 is 2.42 bits per heavy atom. The summed E-state index contributed by atoms with van der Waals surface area (Å²) >= 11 is 3.56. The first-order valence-electron chi connectivity index (χ1n) is 4.76. The SMILES string of the molecule is C/C=C/CN1CCCC(CBr)C1. The highest BCUT2D eigenvalue weighted by Crippen LogP contribution is 2.17. The molecule has 1 fully saturated rings. The minimum absolute atomic E-state index is 0.879. The highest BCUT2D eigenvalue weighted by atomic mass is 79.9. The van der Waals surface area contributed by atoms with E-state index >= 15 is 0 Å². The van der Waals surface area contributed by atoms with Crippen LogP contribution in [0, 0.1) is 5.92 Å². The quantitative estimate of drug-likeness (QED) is 0.534. The van der Waals surface area contributed by atoms with Gasteiger partial charge in [-0.2, -0.15) is 0 Å². The van der Waals surface area contributed by atoms with E-state index in [2.05, 4.69) is 39.9 Å². The van der Waals surface area contributed by atoms with Crippen molar-refractivity contribution < 1.29 is 0 Å². The standard InChI is InChI=1S/C10H18BrN/c1-2-3-6-12-7-4-5-10(8-11)9-12/h2-3,10H,4-9H2,1H3/b3-2+. The molecule has 12 heavy (non-hydrogen) atoms. The number of nitrogens with zero attached hydrogens (tertiary/aromatic N) is 1. The number of hydrogen-bond donors (Lipinski definition) is 0. The fraction of sp³-hybridized carbons (Fsp3) is 0.800. The van der Waals surface area contributed by atoms with Gasteiger partial charge in [-0.1, -0.05) is 28.1 Å². The molecule has 1 heterocycles. The average Bonchev–Trinajstić information content (AvgIpc) is 2.15. The van der Waals surface area contributed by atoms with Gasteiger partial charge in [0.15, 0.2) is 0 Å². The van der Waals surface area contributed by atoms with Crippen LogP contribution in [-0.2, 0) is 0 Å². The largest absolute Gasteiger partial charge is 0.299 e. The van der Waals surface area contributed by atoms with Gasteiger partial charge in [0.2, 0.25) is 0 Å². The molecule has 0 aromatic carbocycles. The lowest BCUT2D eigenvalue weighted by Gasteiger charge is -2.30. The Kier molecular flexibility index (Phi) is 4.93. The van der Waals surface area contributed by atoms with Gasteiger partial charge >= 0.3 is 0 Å². The minimum Gasteiger partial charge on any atom is -0.299 e. The third kappa shape index (κ3) is 3.28. The predicted molar refractivity (Wildman–Crippen MR) is 57.8 cm³/mol. The van der Waals surface area contributed by atoms with Gasteiger partial charge in [0.25, 0.3) is 0 Å². The number of hydrogen-bond acceptors (Lipinski definition) is 1. The Bertz CT molecular complexity index is 145. The first-order chi connectivity index (χ1) is 5.86. The molecular weight excluding hydrogens is 214 g/mol. The molecule has 1 nitrogen and oxygen atoms in total. The molecule has 1 aliphatic rings. The molecule has 2 heteroatoms. The molecule has 1 aliphatic heterocycles. The van der Waals surface area contributed by atoms with Gasteiger partial charge in [0.1, 0.15) is 0 Å². The lowest BCUT2D eigenvalue weighted by Crippen LogP contribution is -2.35. The van der Waals surface area contributed by atoms with E-state index in [1.807, 2.05) is 0 Å². The van der Waals surface area contributed by atoms with Gasteiger partial charge in [-0.05, 0) is 32.2 Å². The summed E-state index contributed by atoms with van der Waals surface area (Å²) in [6.07, 6.45) is 7.15. The molecular formula is C10H18BrN. The smallest absolute Gasteiger partial charge is 0.0163 e. The van der Waals surface area contributed by atoms with Gasteiger partial charge in [0.05, 0.1) is 0 Å². The van der Waals surface area contributed by atoms with Gasteiger partial charge in [-0.25, -0.2) is 0 Å². The lowest BCUT2D eigenvalue weighted by atomic mass is 10.0. The van der Waals surface area contributed by atoms with Crippen LogP contribution in [-0.4, -0.2) is 29.9 Å². The highest BCUT2D eigenvalue weighted by molar-refractivity contribution is 9.09. The van der Waals surface area contributed by atoms with E-state index in [1.165, 1.54) is 31.3 Å². The number of piperidine rings is 1. The van der Waals surface area contributed by atoms with Crippen LogP contribution in [0.2, 0.25) is 0 Å². The van der Waals surface area contributed by atoms with Crippen molar-refractivity contribution in [2.45, 2.75) is 19.8 Å². The van der Waals surface area contributed by atoms with Crippen molar-refractivity contribution in [1.29, 1.82) is 0 Å². The summed E-state index contributed by atoms with van der Waals surface area (Å²) in [6, 6.07) is 0.